The Labute approximate surface area is 83.5 Å². The lowest BCUT2D eigenvalue weighted by Crippen LogP contribution is -2.15. The second kappa shape index (κ2) is 3.80. The van der Waals surface area contributed by atoms with E-state index in [4.69, 9.17) is 0 Å². The summed E-state index contributed by atoms with van der Waals surface area (Å²) in [5.74, 6) is 0.107. The monoisotopic (exact) mass is 190 g/mol. The zero-order chi connectivity index (χ0) is 9.97. The van der Waals surface area contributed by atoms with Crippen LogP contribution < -0.4 is 10.6 Å². The van der Waals surface area contributed by atoms with Crippen molar-refractivity contribution >= 4 is 11.6 Å². The van der Waals surface area contributed by atoms with Gasteiger partial charge in [0, 0.05) is 18.2 Å². The number of fused-ring (bicyclic) bond motifs is 1. The van der Waals surface area contributed by atoms with E-state index in [2.05, 4.69) is 16.7 Å². The van der Waals surface area contributed by atoms with Crippen LogP contribution in [0.5, 0.6) is 0 Å². The summed E-state index contributed by atoms with van der Waals surface area (Å²) >= 11 is 0. The van der Waals surface area contributed by atoms with Crippen molar-refractivity contribution in [3.05, 3.63) is 29.8 Å². The molecule has 1 aromatic rings. The number of para-hydroxylation sites is 1. The Morgan fingerprint density at radius 2 is 2.21 bits per heavy atom. The molecule has 1 aromatic carbocycles. The van der Waals surface area contributed by atoms with Gasteiger partial charge in [0.25, 0.3) is 0 Å². The predicted octanol–water partition coefficient (Wildman–Crippen LogP) is 1.68. The summed E-state index contributed by atoms with van der Waals surface area (Å²) in [6.45, 7) is 0. The third kappa shape index (κ3) is 1.63. The van der Waals surface area contributed by atoms with Crippen LogP contribution in [0.25, 0.3) is 0 Å². The largest absolute Gasteiger partial charge is 0.326 e. The number of hydrogen-bond acceptors (Lipinski definition) is 2. The summed E-state index contributed by atoms with van der Waals surface area (Å²) in [6, 6.07) is 8.23. The van der Waals surface area contributed by atoms with Crippen molar-refractivity contribution in [2.75, 3.05) is 12.4 Å². The fourth-order valence-electron chi connectivity index (χ4n) is 1.86. The molecule has 74 valence electrons. The molecule has 0 aliphatic carbocycles. The summed E-state index contributed by atoms with van der Waals surface area (Å²) < 4.78 is 0. The minimum Gasteiger partial charge on any atom is -0.326 e. The number of carbonyl (C=O) groups is 1. The number of hydrogen-bond donors (Lipinski definition) is 2. The maximum Gasteiger partial charge on any atom is 0.224 e. The summed E-state index contributed by atoms with van der Waals surface area (Å²) in [5, 5.41) is 6.14. The molecule has 0 saturated heterocycles. The molecule has 3 nitrogen and oxygen atoms in total. The highest BCUT2D eigenvalue weighted by Crippen LogP contribution is 2.28. The highest BCUT2D eigenvalue weighted by molar-refractivity contribution is 5.92. The molecule has 1 amide bonds. The highest BCUT2D eigenvalue weighted by atomic mass is 16.1. The van der Waals surface area contributed by atoms with Crippen LogP contribution in [-0.4, -0.2) is 13.0 Å². The van der Waals surface area contributed by atoms with Crippen LogP contribution in [0.2, 0.25) is 0 Å². The molecule has 0 aromatic heterocycles. The van der Waals surface area contributed by atoms with Crippen LogP contribution in [0.15, 0.2) is 24.3 Å². The van der Waals surface area contributed by atoms with Crippen LogP contribution in [0.3, 0.4) is 0 Å². The van der Waals surface area contributed by atoms with E-state index in [0.29, 0.717) is 6.42 Å². The minimum absolute atomic E-state index is 0.107. The van der Waals surface area contributed by atoms with Crippen molar-refractivity contribution in [2.24, 2.45) is 0 Å². The molecule has 0 bridgehead atoms. The lowest BCUT2D eigenvalue weighted by Gasteiger charge is -2.15. The number of benzene rings is 1. The Morgan fingerprint density at radius 1 is 1.43 bits per heavy atom. The highest BCUT2D eigenvalue weighted by Gasteiger charge is 2.19. The molecule has 1 aliphatic rings. The Bertz CT molecular complexity index is 349. The van der Waals surface area contributed by atoms with Crippen LogP contribution in [0, 0.1) is 0 Å². The van der Waals surface area contributed by atoms with Crippen molar-refractivity contribution < 1.29 is 4.79 Å². The molecule has 0 saturated carbocycles. The smallest absolute Gasteiger partial charge is 0.224 e. The second-order valence-electron chi connectivity index (χ2n) is 3.52. The van der Waals surface area contributed by atoms with Gasteiger partial charge in [-0.15, -0.1) is 0 Å². The average Bonchev–Trinajstić information content (AvgIpc) is 2.36. The van der Waals surface area contributed by atoms with Gasteiger partial charge in [-0.2, -0.15) is 0 Å². The molecular weight excluding hydrogens is 176 g/mol. The molecule has 1 unspecified atom stereocenters. The zero-order valence-corrected chi connectivity index (χ0v) is 8.21. The molecule has 1 heterocycles. The fraction of sp³-hybridized carbons (Fsp3) is 0.364. The van der Waals surface area contributed by atoms with E-state index in [9.17, 15) is 4.79 Å². The fourth-order valence-corrected chi connectivity index (χ4v) is 1.86. The van der Waals surface area contributed by atoms with Gasteiger partial charge < -0.3 is 10.6 Å². The summed E-state index contributed by atoms with van der Waals surface area (Å²) in [4.78, 5) is 11.4. The summed E-state index contributed by atoms with van der Waals surface area (Å²) in [6.07, 6.45) is 1.44. The Balaban J connectivity index is 2.40. The molecule has 1 aliphatic heterocycles. The van der Waals surface area contributed by atoms with Gasteiger partial charge in [-0.1, -0.05) is 18.2 Å². The second-order valence-corrected chi connectivity index (χ2v) is 3.52. The van der Waals surface area contributed by atoms with Gasteiger partial charge in [0.1, 0.15) is 0 Å². The summed E-state index contributed by atoms with van der Waals surface area (Å²) in [7, 11) is 1.93. The van der Waals surface area contributed by atoms with Crippen LogP contribution in [0.1, 0.15) is 24.4 Å². The van der Waals surface area contributed by atoms with Gasteiger partial charge in [-0.3, -0.25) is 4.79 Å². The van der Waals surface area contributed by atoms with Crippen molar-refractivity contribution in [1.82, 2.24) is 5.32 Å². The molecule has 0 radical (unpaired) electrons. The van der Waals surface area contributed by atoms with Gasteiger partial charge in [-0.05, 0) is 25.1 Å². The third-order valence-electron chi connectivity index (χ3n) is 2.62. The van der Waals surface area contributed by atoms with E-state index < -0.39 is 0 Å². The van der Waals surface area contributed by atoms with E-state index in [1.807, 2.05) is 25.2 Å². The van der Waals surface area contributed by atoms with E-state index in [1.54, 1.807) is 0 Å². The maximum absolute atomic E-state index is 11.4. The normalized spacial score (nSPS) is 20.9. The first-order valence-corrected chi connectivity index (χ1v) is 4.87. The SMILES string of the molecule is CNC1CCC(=O)Nc2ccccc21. The van der Waals surface area contributed by atoms with Gasteiger partial charge >= 0.3 is 0 Å². The molecular formula is C11H14N2O. The predicted molar refractivity (Wildman–Crippen MR) is 56.1 cm³/mol. The van der Waals surface area contributed by atoms with Crippen molar-refractivity contribution in [1.29, 1.82) is 0 Å². The number of carbonyl (C=O) groups excluding carboxylic acids is 1. The Hall–Kier alpha value is -1.35. The maximum atomic E-state index is 11.4. The average molecular weight is 190 g/mol. The molecule has 2 rings (SSSR count). The Morgan fingerprint density at radius 3 is 3.00 bits per heavy atom. The van der Waals surface area contributed by atoms with Crippen molar-refractivity contribution in [3.8, 4) is 0 Å². The van der Waals surface area contributed by atoms with Gasteiger partial charge in [0.2, 0.25) is 5.91 Å². The van der Waals surface area contributed by atoms with Crippen LogP contribution in [0.4, 0.5) is 5.69 Å². The third-order valence-corrected chi connectivity index (χ3v) is 2.62. The lowest BCUT2D eigenvalue weighted by molar-refractivity contribution is -0.116. The number of amides is 1. The lowest BCUT2D eigenvalue weighted by atomic mass is 10.0. The van der Waals surface area contributed by atoms with Crippen molar-refractivity contribution in [3.63, 3.8) is 0 Å². The zero-order valence-electron chi connectivity index (χ0n) is 8.21. The van der Waals surface area contributed by atoms with Crippen LogP contribution >= 0.6 is 0 Å². The first-order valence-electron chi connectivity index (χ1n) is 4.87. The molecule has 14 heavy (non-hydrogen) atoms. The van der Waals surface area contributed by atoms with E-state index >= 15 is 0 Å². The van der Waals surface area contributed by atoms with Gasteiger partial charge in [-0.25, -0.2) is 0 Å². The number of rotatable bonds is 1. The Kier molecular flexibility index (Phi) is 2.50. The number of nitrogens with one attached hydrogen (secondary N) is 2. The van der Waals surface area contributed by atoms with Crippen LogP contribution in [-0.2, 0) is 4.79 Å². The standard InChI is InChI=1S/C11H14N2O/c1-12-9-6-7-11(14)13-10-5-3-2-4-8(9)10/h2-5,9,12H,6-7H2,1H3,(H,13,14). The van der Waals surface area contributed by atoms with Crippen molar-refractivity contribution in [2.45, 2.75) is 18.9 Å². The molecule has 1 atom stereocenters. The van der Waals surface area contributed by atoms with Gasteiger partial charge in [0.15, 0.2) is 0 Å². The molecule has 2 N–H and O–H groups in total. The molecule has 0 fully saturated rings. The molecule has 3 heteroatoms. The number of anilines is 1. The molecule has 0 spiro atoms. The van der Waals surface area contributed by atoms with Gasteiger partial charge in [0.05, 0.1) is 0 Å². The summed E-state index contributed by atoms with van der Waals surface area (Å²) in [5.41, 5.74) is 2.12. The minimum atomic E-state index is 0.107. The van der Waals surface area contributed by atoms with E-state index in [0.717, 1.165) is 12.1 Å². The topological polar surface area (TPSA) is 41.1 Å². The first kappa shape index (κ1) is 9.21. The van der Waals surface area contributed by atoms with E-state index in [-0.39, 0.29) is 11.9 Å². The van der Waals surface area contributed by atoms with E-state index in [1.165, 1.54) is 5.56 Å². The first-order chi connectivity index (χ1) is 6.81. The quantitative estimate of drug-likeness (QED) is 0.707.